The lowest BCUT2D eigenvalue weighted by atomic mass is 10.0. The monoisotopic (exact) mass is 593 g/mol. The Bertz CT molecular complexity index is 1350. The summed E-state index contributed by atoms with van der Waals surface area (Å²) in [7, 11) is 3.87. The van der Waals surface area contributed by atoms with E-state index in [1.54, 1.807) is 15.5 Å². The summed E-state index contributed by atoms with van der Waals surface area (Å²) < 4.78 is 14.0. The fourth-order valence-corrected chi connectivity index (χ4v) is 5.78. The molecule has 1 saturated heterocycles. The highest BCUT2D eigenvalue weighted by Gasteiger charge is 2.38. The van der Waals surface area contributed by atoms with E-state index in [0.29, 0.717) is 51.5 Å². The van der Waals surface area contributed by atoms with E-state index in [9.17, 15) is 14.9 Å². The summed E-state index contributed by atoms with van der Waals surface area (Å²) in [5.74, 6) is 0.494. The molecule has 1 fully saturated rings. The predicted octanol–water partition coefficient (Wildman–Crippen LogP) is 4.62. The number of ether oxygens (including phenoxy) is 2. The van der Waals surface area contributed by atoms with Gasteiger partial charge in [0.15, 0.2) is 5.75 Å². The van der Waals surface area contributed by atoms with Crippen LogP contribution in [0.3, 0.4) is 0 Å². The maximum atomic E-state index is 13.9. The first-order valence-electron chi connectivity index (χ1n) is 12.3. The van der Waals surface area contributed by atoms with Gasteiger partial charge >= 0.3 is 6.09 Å². The number of nitriles is 1. The molecule has 0 N–H and O–H groups in total. The van der Waals surface area contributed by atoms with Gasteiger partial charge in [0.05, 0.1) is 26.7 Å². The zero-order valence-electron chi connectivity index (χ0n) is 22.3. The Hall–Kier alpha value is -2.48. The van der Waals surface area contributed by atoms with Gasteiger partial charge < -0.3 is 24.2 Å². The highest BCUT2D eigenvalue weighted by molar-refractivity contribution is 9.10. The quantitative estimate of drug-likeness (QED) is 0.512. The van der Waals surface area contributed by atoms with Crippen LogP contribution in [-0.2, 0) is 4.74 Å². The van der Waals surface area contributed by atoms with Crippen LogP contribution >= 0.6 is 27.5 Å². The number of aromatic nitrogens is 1. The predicted molar refractivity (Wildman–Crippen MR) is 148 cm³/mol. The molecule has 2 aliphatic rings. The van der Waals surface area contributed by atoms with Crippen molar-refractivity contribution in [2.75, 3.05) is 45.2 Å². The maximum absolute atomic E-state index is 13.9. The number of carbonyl (C=O) groups is 1. The van der Waals surface area contributed by atoms with Crippen molar-refractivity contribution in [3.8, 4) is 11.8 Å². The molecule has 1 amide bonds. The van der Waals surface area contributed by atoms with Gasteiger partial charge in [0.25, 0.3) is 5.56 Å². The maximum Gasteiger partial charge on any atom is 0.410 e. The van der Waals surface area contributed by atoms with Crippen LogP contribution in [0.4, 0.5) is 10.5 Å². The summed E-state index contributed by atoms with van der Waals surface area (Å²) in [4.78, 5) is 32.5. The van der Waals surface area contributed by atoms with Crippen molar-refractivity contribution in [3.63, 3.8) is 0 Å². The third kappa shape index (κ3) is 5.01. The zero-order valence-corrected chi connectivity index (χ0v) is 24.6. The Labute approximate surface area is 230 Å². The van der Waals surface area contributed by atoms with Crippen LogP contribution in [0.5, 0.6) is 5.75 Å². The Morgan fingerprint density at radius 2 is 1.97 bits per heavy atom. The number of pyridine rings is 1. The van der Waals surface area contributed by atoms with Gasteiger partial charge in [0, 0.05) is 37.1 Å². The van der Waals surface area contributed by atoms with Gasteiger partial charge in [0.2, 0.25) is 0 Å². The highest BCUT2D eigenvalue weighted by atomic mass is 79.9. The highest BCUT2D eigenvalue weighted by Crippen LogP contribution is 2.46. The number of amides is 1. The van der Waals surface area contributed by atoms with Gasteiger partial charge in [-0.15, -0.1) is 0 Å². The van der Waals surface area contributed by atoms with E-state index in [-0.39, 0.29) is 41.9 Å². The van der Waals surface area contributed by atoms with E-state index in [1.807, 2.05) is 58.5 Å². The molecule has 37 heavy (non-hydrogen) atoms. The molecule has 0 unspecified atom stereocenters. The van der Waals surface area contributed by atoms with Crippen LogP contribution in [0.1, 0.15) is 46.2 Å². The van der Waals surface area contributed by atoms with Crippen molar-refractivity contribution in [2.45, 2.75) is 58.3 Å². The molecule has 0 spiro atoms. The third-order valence-electron chi connectivity index (χ3n) is 6.69. The Morgan fingerprint density at radius 1 is 1.30 bits per heavy atom. The molecule has 2 aliphatic heterocycles. The van der Waals surface area contributed by atoms with Crippen molar-refractivity contribution >= 4 is 50.2 Å². The smallest absolute Gasteiger partial charge is 0.410 e. The standard InChI is InChI=1S/C26H33BrClN5O4/c1-14-11-32(25(35)37-26(3,4)5)15(2)10-31(14)21-17-8-19(28)20(27)23-22(17)33(24(34)18(21)9-29)16(13-36-23)12-30(6)7/h8,14-16H,10-13H2,1-7H3/t14-,15+,16+/m0/s1. The van der Waals surface area contributed by atoms with Crippen molar-refractivity contribution in [1.82, 2.24) is 14.4 Å². The SMILES string of the molecule is C[C@@H]1CN(c2c(C#N)c(=O)n3c4c(c(Br)c(Cl)cc24)OC[C@H]3CN(C)C)[C@@H](C)CN1C(=O)OC(C)(C)C. The number of hydrogen-bond acceptors (Lipinski definition) is 7. The summed E-state index contributed by atoms with van der Waals surface area (Å²) in [5, 5.41) is 11.4. The van der Waals surface area contributed by atoms with Crippen LogP contribution in [0.25, 0.3) is 10.9 Å². The minimum absolute atomic E-state index is 0.0623. The number of rotatable bonds is 3. The minimum Gasteiger partial charge on any atom is -0.488 e. The average molecular weight is 595 g/mol. The second-order valence-electron chi connectivity index (χ2n) is 11.1. The Kier molecular flexibility index (Phi) is 7.45. The van der Waals surface area contributed by atoms with Gasteiger partial charge in [-0.3, -0.25) is 9.36 Å². The summed E-state index contributed by atoms with van der Waals surface area (Å²) in [6.45, 7) is 11.1. The van der Waals surface area contributed by atoms with Gasteiger partial charge in [-0.05, 0) is 70.7 Å². The summed E-state index contributed by atoms with van der Waals surface area (Å²) in [6, 6.07) is 3.30. The van der Waals surface area contributed by atoms with Gasteiger partial charge in [-0.2, -0.15) is 5.26 Å². The fourth-order valence-electron chi connectivity index (χ4n) is 5.17. The molecule has 3 atom stereocenters. The molecule has 11 heteroatoms. The molecule has 1 aromatic heterocycles. The van der Waals surface area contributed by atoms with Crippen molar-refractivity contribution in [3.05, 3.63) is 31.5 Å². The second kappa shape index (κ2) is 10.0. The lowest BCUT2D eigenvalue weighted by Crippen LogP contribution is -2.59. The van der Waals surface area contributed by atoms with Gasteiger partial charge in [0.1, 0.15) is 23.8 Å². The molecule has 1 aromatic carbocycles. The van der Waals surface area contributed by atoms with E-state index < -0.39 is 5.60 Å². The number of benzene rings is 1. The average Bonchev–Trinajstić information content (AvgIpc) is 2.79. The molecule has 9 nitrogen and oxygen atoms in total. The molecule has 0 saturated carbocycles. The first kappa shape index (κ1) is 27.6. The van der Waals surface area contributed by atoms with Crippen molar-refractivity contribution < 1.29 is 14.3 Å². The third-order valence-corrected chi connectivity index (χ3v) is 8.00. The zero-order chi connectivity index (χ0) is 27.4. The van der Waals surface area contributed by atoms with Crippen molar-refractivity contribution in [1.29, 1.82) is 5.26 Å². The van der Waals surface area contributed by atoms with E-state index in [0.717, 1.165) is 0 Å². The Balaban J connectivity index is 1.89. The van der Waals surface area contributed by atoms with Crippen LogP contribution in [-0.4, -0.2) is 78.5 Å². The number of piperazine rings is 1. The molecule has 2 aromatic rings. The van der Waals surface area contributed by atoms with Crippen LogP contribution in [0.2, 0.25) is 5.02 Å². The molecule has 200 valence electrons. The lowest BCUT2D eigenvalue weighted by molar-refractivity contribution is 0.0130. The van der Waals surface area contributed by atoms with Crippen LogP contribution < -0.4 is 15.2 Å². The summed E-state index contributed by atoms with van der Waals surface area (Å²) in [5.41, 5.74) is 0.232. The Morgan fingerprint density at radius 3 is 2.57 bits per heavy atom. The van der Waals surface area contributed by atoms with Crippen molar-refractivity contribution in [2.24, 2.45) is 0 Å². The molecule has 3 heterocycles. The van der Waals surface area contributed by atoms with Gasteiger partial charge in [-0.1, -0.05) is 11.6 Å². The number of nitrogens with zero attached hydrogens (tertiary/aromatic N) is 5. The minimum atomic E-state index is -0.608. The molecule has 0 aliphatic carbocycles. The first-order chi connectivity index (χ1) is 17.2. The topological polar surface area (TPSA) is 91.0 Å². The normalized spacial score (nSPS) is 21.7. The van der Waals surface area contributed by atoms with E-state index in [1.165, 1.54) is 0 Å². The molecule has 0 radical (unpaired) electrons. The fraction of sp³-hybridized carbons (Fsp3) is 0.577. The molecule has 4 rings (SSSR count). The molecular formula is C26H33BrClN5O4. The van der Waals surface area contributed by atoms with E-state index in [4.69, 9.17) is 21.1 Å². The van der Waals surface area contributed by atoms with Crippen LogP contribution in [0.15, 0.2) is 15.3 Å². The summed E-state index contributed by atoms with van der Waals surface area (Å²) in [6.07, 6.45) is -0.379. The summed E-state index contributed by atoms with van der Waals surface area (Å²) >= 11 is 10.1. The van der Waals surface area contributed by atoms with Gasteiger partial charge in [-0.25, -0.2) is 4.79 Å². The number of anilines is 1. The largest absolute Gasteiger partial charge is 0.488 e. The lowest BCUT2D eigenvalue weighted by Gasteiger charge is -2.46. The van der Waals surface area contributed by atoms with E-state index >= 15 is 0 Å². The second-order valence-corrected chi connectivity index (χ2v) is 12.3. The number of halogens is 2. The van der Waals surface area contributed by atoms with E-state index in [2.05, 4.69) is 22.0 Å². The number of likely N-dealkylation sites (N-methyl/N-ethyl adjacent to an activating group) is 1. The first-order valence-corrected chi connectivity index (χ1v) is 13.5. The number of hydrogen-bond donors (Lipinski definition) is 0. The molecule has 0 bridgehead atoms. The molecular weight excluding hydrogens is 562 g/mol. The number of carbonyl (C=O) groups excluding carboxylic acids is 1. The van der Waals surface area contributed by atoms with Crippen LogP contribution in [0, 0.1) is 11.3 Å².